The van der Waals surface area contributed by atoms with E-state index in [-0.39, 0.29) is 36.7 Å². The highest BCUT2D eigenvalue weighted by Gasteiger charge is 2.37. The predicted molar refractivity (Wildman–Crippen MR) is 177 cm³/mol. The standard InChI is InChI=1S/C35H56N4O6/c1-5-6-7-9-24(2)35(23-39-34(36)37-4)14-8-10-26(32(44-25(3)41)21-29(42)11-15-35)18-27-20-33(31(43)19-28(27)22-40)45-30-12-16-38-17-13-30/h19-20,24,26,29-30,32,38,40,42-43H,5-7,9-13,15-18,21-23H2,1-4H3,(H3,36,37,39)/t24-,26+,29-,32-,35-/m0/s1. The zero-order chi connectivity index (χ0) is 32.8. The lowest BCUT2D eigenvalue weighted by atomic mass is 9.69. The van der Waals surface area contributed by atoms with Gasteiger partial charge in [-0.2, -0.15) is 0 Å². The molecule has 2 aliphatic rings. The van der Waals surface area contributed by atoms with Crippen molar-refractivity contribution in [2.24, 2.45) is 28.0 Å². The molecule has 7 N–H and O–H groups in total. The van der Waals surface area contributed by atoms with E-state index in [2.05, 4.69) is 41.3 Å². The summed E-state index contributed by atoms with van der Waals surface area (Å²) in [6.07, 6.45) is 7.07. The van der Waals surface area contributed by atoms with Gasteiger partial charge in [0, 0.05) is 39.3 Å². The van der Waals surface area contributed by atoms with Gasteiger partial charge in [0.05, 0.1) is 18.1 Å². The predicted octanol–water partition coefficient (Wildman–Crippen LogP) is 3.78. The topological polar surface area (TPSA) is 159 Å². The molecule has 0 unspecified atom stereocenters. The van der Waals surface area contributed by atoms with Crippen molar-refractivity contribution in [3.63, 3.8) is 0 Å². The number of carbonyl (C=O) groups excluding carboxylic acids is 1. The number of phenols is 1. The molecule has 45 heavy (non-hydrogen) atoms. The molecule has 1 aromatic rings. The minimum atomic E-state index is -0.702. The van der Waals surface area contributed by atoms with Crippen LogP contribution in [0.3, 0.4) is 0 Å². The molecule has 1 aromatic carbocycles. The number of aliphatic hydroxyl groups is 2. The number of piperidine rings is 1. The molecule has 0 radical (unpaired) electrons. The van der Waals surface area contributed by atoms with Crippen LogP contribution in [0.1, 0.15) is 96.1 Å². The second-order valence-electron chi connectivity index (χ2n) is 12.9. The third-order valence-electron chi connectivity index (χ3n) is 9.50. The summed E-state index contributed by atoms with van der Waals surface area (Å²) >= 11 is 0. The van der Waals surface area contributed by atoms with Crippen molar-refractivity contribution >= 4 is 11.9 Å². The Bertz CT molecular complexity index is 1170. The molecule has 3 rings (SSSR count). The molecule has 10 heteroatoms. The molecule has 0 spiro atoms. The number of rotatable bonds is 13. The number of hydrogen-bond acceptors (Lipinski definition) is 8. The number of nitrogens with one attached hydrogen (secondary N) is 2. The SMILES string of the molecule is CCCCC[C@H](C)[C@@]1(CNC(N)=NC)C#CC[C@H](Cc2cc(OC3CCNCC3)c(O)cc2CO)[C@@H](OC(C)=O)C[C@@H](O)CC1. The summed E-state index contributed by atoms with van der Waals surface area (Å²) in [5.74, 6) is 7.40. The highest BCUT2D eigenvalue weighted by atomic mass is 16.5. The van der Waals surface area contributed by atoms with Gasteiger partial charge in [0.2, 0.25) is 0 Å². The lowest BCUT2D eigenvalue weighted by Crippen LogP contribution is -2.44. The van der Waals surface area contributed by atoms with E-state index in [9.17, 15) is 20.1 Å². The fourth-order valence-electron chi connectivity index (χ4n) is 6.56. The summed E-state index contributed by atoms with van der Waals surface area (Å²) in [5.41, 5.74) is 6.98. The Morgan fingerprint density at radius 1 is 1.24 bits per heavy atom. The number of guanidine groups is 1. The molecule has 1 aliphatic heterocycles. The van der Waals surface area contributed by atoms with Crippen LogP contribution >= 0.6 is 0 Å². The molecular formula is C35H56N4O6. The number of carbonyl (C=O) groups is 1. The number of hydrogen-bond donors (Lipinski definition) is 6. The van der Waals surface area contributed by atoms with E-state index >= 15 is 0 Å². The normalized spacial score (nSPS) is 25.5. The fourth-order valence-corrected chi connectivity index (χ4v) is 6.56. The largest absolute Gasteiger partial charge is 0.504 e. The van der Waals surface area contributed by atoms with Crippen LogP contribution in [0, 0.1) is 29.1 Å². The van der Waals surface area contributed by atoms with E-state index < -0.39 is 23.6 Å². The van der Waals surface area contributed by atoms with Gasteiger partial charge < -0.3 is 41.2 Å². The summed E-state index contributed by atoms with van der Waals surface area (Å²) in [6.45, 7) is 7.77. The van der Waals surface area contributed by atoms with Crippen LogP contribution in [-0.2, 0) is 22.6 Å². The number of ether oxygens (including phenoxy) is 2. The van der Waals surface area contributed by atoms with Crippen molar-refractivity contribution in [2.45, 2.75) is 116 Å². The van der Waals surface area contributed by atoms with Gasteiger partial charge in [-0.15, -0.1) is 5.92 Å². The van der Waals surface area contributed by atoms with E-state index in [0.29, 0.717) is 49.5 Å². The van der Waals surface area contributed by atoms with Crippen molar-refractivity contribution < 1.29 is 29.6 Å². The number of aliphatic hydroxyl groups excluding tert-OH is 2. The van der Waals surface area contributed by atoms with Crippen LogP contribution in [0.5, 0.6) is 11.5 Å². The number of aliphatic imine (C=N–C) groups is 1. The number of nitrogens with two attached hydrogens (primary N) is 1. The Labute approximate surface area is 269 Å². The minimum absolute atomic E-state index is 0.0109. The second kappa shape index (κ2) is 18.2. The third kappa shape index (κ3) is 11.1. The highest BCUT2D eigenvalue weighted by molar-refractivity contribution is 5.77. The maximum absolute atomic E-state index is 12.2. The molecule has 0 saturated carbocycles. The quantitative estimate of drug-likeness (QED) is 0.0629. The molecule has 1 saturated heterocycles. The minimum Gasteiger partial charge on any atom is -0.504 e. The Morgan fingerprint density at radius 2 is 2.00 bits per heavy atom. The molecule has 0 bridgehead atoms. The molecule has 1 fully saturated rings. The van der Waals surface area contributed by atoms with Crippen molar-refractivity contribution in [1.82, 2.24) is 10.6 Å². The van der Waals surface area contributed by atoms with E-state index in [1.165, 1.54) is 6.92 Å². The molecule has 1 aliphatic carbocycles. The Morgan fingerprint density at radius 3 is 2.67 bits per heavy atom. The number of aromatic hydroxyl groups is 1. The average molecular weight is 629 g/mol. The van der Waals surface area contributed by atoms with Gasteiger partial charge in [-0.05, 0) is 80.8 Å². The average Bonchev–Trinajstić information content (AvgIpc) is 3.02. The first-order valence-corrected chi connectivity index (χ1v) is 16.7. The number of phenolic OH excluding ortho intramolecular Hbond substituents is 1. The lowest BCUT2D eigenvalue weighted by Gasteiger charge is -2.37. The van der Waals surface area contributed by atoms with Crippen LogP contribution in [-0.4, -0.2) is 72.2 Å². The first-order chi connectivity index (χ1) is 21.6. The Hall–Kier alpha value is -3.00. The van der Waals surface area contributed by atoms with Crippen LogP contribution in [0.25, 0.3) is 0 Å². The molecule has 0 aromatic heterocycles. The van der Waals surface area contributed by atoms with Crippen molar-refractivity contribution in [2.75, 3.05) is 26.7 Å². The van der Waals surface area contributed by atoms with E-state index in [0.717, 1.165) is 57.2 Å². The van der Waals surface area contributed by atoms with Crippen LogP contribution in [0.2, 0.25) is 0 Å². The molecule has 1 heterocycles. The van der Waals surface area contributed by atoms with Crippen molar-refractivity contribution in [1.29, 1.82) is 0 Å². The third-order valence-corrected chi connectivity index (χ3v) is 9.50. The summed E-state index contributed by atoms with van der Waals surface area (Å²) in [4.78, 5) is 16.3. The maximum atomic E-state index is 12.2. The maximum Gasteiger partial charge on any atom is 0.302 e. The Balaban J connectivity index is 1.99. The van der Waals surface area contributed by atoms with Gasteiger partial charge in [0.25, 0.3) is 0 Å². The molecule has 0 amide bonds. The van der Waals surface area contributed by atoms with Gasteiger partial charge in [0.15, 0.2) is 17.5 Å². The molecule has 252 valence electrons. The van der Waals surface area contributed by atoms with Crippen LogP contribution < -0.4 is 21.1 Å². The van der Waals surface area contributed by atoms with Gasteiger partial charge in [-0.25, -0.2) is 0 Å². The summed E-state index contributed by atoms with van der Waals surface area (Å²) in [5, 5.41) is 38.8. The van der Waals surface area contributed by atoms with Gasteiger partial charge in [-0.1, -0.05) is 39.0 Å². The number of unbranched alkanes of at least 4 members (excludes halogenated alkanes) is 2. The second-order valence-corrected chi connectivity index (χ2v) is 12.9. The lowest BCUT2D eigenvalue weighted by molar-refractivity contribution is -0.151. The van der Waals surface area contributed by atoms with Crippen molar-refractivity contribution in [3.05, 3.63) is 23.3 Å². The fraction of sp³-hybridized carbons (Fsp3) is 0.714. The van der Waals surface area contributed by atoms with Crippen molar-refractivity contribution in [3.8, 4) is 23.3 Å². The van der Waals surface area contributed by atoms with Crippen LogP contribution in [0.15, 0.2) is 17.1 Å². The monoisotopic (exact) mass is 628 g/mol. The molecular weight excluding hydrogens is 572 g/mol. The van der Waals surface area contributed by atoms with Crippen LogP contribution in [0.4, 0.5) is 0 Å². The highest BCUT2D eigenvalue weighted by Crippen LogP contribution is 2.39. The summed E-state index contributed by atoms with van der Waals surface area (Å²) in [6, 6.07) is 3.36. The van der Waals surface area contributed by atoms with Gasteiger partial charge >= 0.3 is 5.97 Å². The summed E-state index contributed by atoms with van der Waals surface area (Å²) in [7, 11) is 1.65. The molecule has 10 nitrogen and oxygen atoms in total. The van der Waals surface area contributed by atoms with E-state index in [4.69, 9.17) is 15.2 Å². The first-order valence-electron chi connectivity index (χ1n) is 16.7. The van der Waals surface area contributed by atoms with E-state index in [1.54, 1.807) is 19.2 Å². The number of nitrogens with zero attached hydrogens (tertiary/aromatic N) is 1. The number of benzene rings is 1. The smallest absolute Gasteiger partial charge is 0.302 e. The Kier molecular flexibility index (Phi) is 14.8. The zero-order valence-electron chi connectivity index (χ0n) is 27.7. The zero-order valence-corrected chi connectivity index (χ0v) is 27.7. The number of esters is 1. The van der Waals surface area contributed by atoms with Gasteiger partial charge in [0.1, 0.15) is 12.2 Å². The molecule has 5 atom stereocenters. The first kappa shape index (κ1) is 36.5. The van der Waals surface area contributed by atoms with Gasteiger partial charge in [-0.3, -0.25) is 9.79 Å². The summed E-state index contributed by atoms with van der Waals surface area (Å²) < 4.78 is 12.0. The van der Waals surface area contributed by atoms with E-state index in [1.807, 2.05) is 0 Å².